The van der Waals surface area contributed by atoms with Crippen LogP contribution in [-0.2, 0) is 6.42 Å². The highest BCUT2D eigenvalue weighted by molar-refractivity contribution is 7.20. The summed E-state index contributed by atoms with van der Waals surface area (Å²) < 4.78 is 7.19. The van der Waals surface area contributed by atoms with Gasteiger partial charge in [-0.15, -0.1) is 11.3 Å². The summed E-state index contributed by atoms with van der Waals surface area (Å²) in [7, 11) is 0. The predicted molar refractivity (Wildman–Crippen MR) is 92.4 cm³/mol. The lowest BCUT2D eigenvalue weighted by molar-refractivity contribution is 0.0505. The quantitative estimate of drug-likeness (QED) is 0.511. The van der Waals surface area contributed by atoms with Crippen LogP contribution in [0.15, 0.2) is 48.5 Å². The highest BCUT2D eigenvalue weighted by Gasteiger charge is 2.32. The molecule has 2 unspecified atom stereocenters. The number of aliphatic hydroxyl groups is 1. The maximum atomic E-state index is 10.4. The van der Waals surface area contributed by atoms with E-state index in [4.69, 9.17) is 15.9 Å². The van der Waals surface area contributed by atoms with Gasteiger partial charge in [-0.2, -0.15) is 0 Å². The molecule has 116 valence electrons. The Morgan fingerprint density at radius 2 is 2.04 bits per heavy atom. The molecule has 1 heterocycles. The minimum absolute atomic E-state index is 0.0587. The first-order valence-electron chi connectivity index (χ1n) is 7.43. The Morgan fingerprint density at radius 1 is 1.22 bits per heavy atom. The van der Waals surface area contributed by atoms with Crippen molar-refractivity contribution in [3.05, 3.63) is 64.5 Å². The number of nitrogen functional groups attached to an aromatic ring is 1. The van der Waals surface area contributed by atoms with Crippen LogP contribution in [0.1, 0.15) is 22.1 Å². The molecule has 1 aliphatic carbocycles. The van der Waals surface area contributed by atoms with Gasteiger partial charge in [-0.05, 0) is 29.3 Å². The topological polar surface area (TPSA) is 79.3 Å². The molecule has 1 aliphatic rings. The second kappa shape index (κ2) is 5.37. The summed E-state index contributed by atoms with van der Waals surface area (Å²) in [5.41, 5.74) is 7.76. The monoisotopic (exact) mass is 324 g/mol. The van der Waals surface area contributed by atoms with Gasteiger partial charge in [0, 0.05) is 16.5 Å². The van der Waals surface area contributed by atoms with Gasteiger partial charge in [0.15, 0.2) is 6.10 Å². The summed E-state index contributed by atoms with van der Waals surface area (Å²) in [6.45, 7) is 0. The fourth-order valence-electron chi connectivity index (χ4n) is 3.09. The van der Waals surface area contributed by atoms with Gasteiger partial charge in [0.05, 0.1) is 11.0 Å². The van der Waals surface area contributed by atoms with Crippen molar-refractivity contribution in [2.45, 2.75) is 18.6 Å². The molecule has 3 aromatic rings. The Kier molecular flexibility index (Phi) is 3.32. The van der Waals surface area contributed by atoms with Crippen molar-refractivity contribution < 1.29 is 9.84 Å². The third-order valence-electron chi connectivity index (χ3n) is 4.18. The minimum Gasteiger partial charge on any atom is -0.482 e. The standard InChI is InChI=1S/C18H16N2O2S/c19-18(20)16-9-12-14(6-3-7-15(12)23-16)22-17-11-5-2-1-4-10(11)8-13(17)21/h1-7,9,13,17,21H,8H2,(H3,19,20). The third-order valence-corrected chi connectivity index (χ3v) is 5.31. The first-order chi connectivity index (χ1) is 11.1. The van der Waals surface area contributed by atoms with E-state index in [0.717, 1.165) is 26.1 Å². The number of nitrogens with one attached hydrogen (secondary N) is 1. The van der Waals surface area contributed by atoms with Gasteiger partial charge < -0.3 is 15.6 Å². The van der Waals surface area contributed by atoms with Crippen LogP contribution < -0.4 is 10.5 Å². The van der Waals surface area contributed by atoms with Crippen LogP contribution in [-0.4, -0.2) is 17.0 Å². The maximum absolute atomic E-state index is 10.4. The van der Waals surface area contributed by atoms with Gasteiger partial charge in [0.2, 0.25) is 0 Å². The van der Waals surface area contributed by atoms with Crippen molar-refractivity contribution in [1.29, 1.82) is 5.41 Å². The molecule has 23 heavy (non-hydrogen) atoms. The lowest BCUT2D eigenvalue weighted by Crippen LogP contribution is -2.19. The van der Waals surface area contributed by atoms with E-state index in [0.29, 0.717) is 12.2 Å². The van der Waals surface area contributed by atoms with Gasteiger partial charge in [-0.1, -0.05) is 30.3 Å². The second-order valence-corrected chi connectivity index (χ2v) is 6.78. The zero-order valence-electron chi connectivity index (χ0n) is 12.3. The highest BCUT2D eigenvalue weighted by Crippen LogP contribution is 2.39. The fraction of sp³-hybridized carbons (Fsp3) is 0.167. The van der Waals surface area contributed by atoms with Gasteiger partial charge in [0.1, 0.15) is 11.6 Å². The van der Waals surface area contributed by atoms with Crippen LogP contribution in [0.2, 0.25) is 0 Å². The van der Waals surface area contributed by atoms with Gasteiger partial charge in [-0.3, -0.25) is 5.41 Å². The van der Waals surface area contributed by atoms with E-state index in [1.165, 1.54) is 11.3 Å². The molecular weight excluding hydrogens is 308 g/mol. The van der Waals surface area contributed by atoms with Gasteiger partial charge in [-0.25, -0.2) is 0 Å². The molecular formula is C18H16N2O2S. The number of fused-ring (bicyclic) bond motifs is 2. The summed E-state index contributed by atoms with van der Waals surface area (Å²) in [4.78, 5) is 0.725. The molecule has 0 saturated heterocycles. The minimum atomic E-state index is -0.548. The molecule has 0 amide bonds. The van der Waals surface area contributed by atoms with Crippen molar-refractivity contribution in [2.75, 3.05) is 0 Å². The van der Waals surface area contributed by atoms with E-state index >= 15 is 0 Å². The molecule has 0 fully saturated rings. The average molecular weight is 324 g/mol. The van der Waals surface area contributed by atoms with Gasteiger partial charge >= 0.3 is 0 Å². The maximum Gasteiger partial charge on any atom is 0.150 e. The highest BCUT2D eigenvalue weighted by atomic mass is 32.1. The Hall–Kier alpha value is -2.37. The normalized spacial score (nSPS) is 19.7. The van der Waals surface area contributed by atoms with Crippen LogP contribution in [0, 0.1) is 5.41 Å². The van der Waals surface area contributed by atoms with Crippen molar-refractivity contribution in [2.24, 2.45) is 5.73 Å². The Balaban J connectivity index is 1.74. The van der Waals surface area contributed by atoms with Crippen molar-refractivity contribution in [3.8, 4) is 5.75 Å². The van der Waals surface area contributed by atoms with E-state index in [9.17, 15) is 5.11 Å². The number of hydrogen-bond donors (Lipinski definition) is 3. The number of benzene rings is 2. The first-order valence-corrected chi connectivity index (χ1v) is 8.24. The second-order valence-electron chi connectivity index (χ2n) is 5.70. The largest absolute Gasteiger partial charge is 0.482 e. The molecule has 0 aliphatic heterocycles. The molecule has 2 aromatic carbocycles. The Morgan fingerprint density at radius 3 is 2.87 bits per heavy atom. The smallest absolute Gasteiger partial charge is 0.150 e. The molecule has 2 atom stereocenters. The van der Waals surface area contributed by atoms with E-state index in [1.54, 1.807) is 0 Å². The lowest BCUT2D eigenvalue weighted by Gasteiger charge is -2.19. The predicted octanol–water partition coefficient (Wildman–Crippen LogP) is 3.22. The summed E-state index contributed by atoms with van der Waals surface area (Å²) in [6, 6.07) is 15.7. The first kappa shape index (κ1) is 14.2. The summed E-state index contributed by atoms with van der Waals surface area (Å²) in [5.74, 6) is 0.774. The van der Waals surface area contributed by atoms with E-state index in [2.05, 4.69) is 0 Å². The number of nitrogens with two attached hydrogens (primary N) is 1. The van der Waals surface area contributed by atoms with Crippen LogP contribution in [0.3, 0.4) is 0 Å². The summed E-state index contributed by atoms with van der Waals surface area (Å²) >= 11 is 1.47. The fourth-order valence-corrected chi connectivity index (χ4v) is 4.03. The molecule has 0 saturated carbocycles. The van der Waals surface area contributed by atoms with Crippen LogP contribution in [0.4, 0.5) is 0 Å². The Labute approximate surface area is 137 Å². The zero-order chi connectivity index (χ0) is 16.0. The van der Waals surface area contributed by atoms with Gasteiger partial charge in [0.25, 0.3) is 0 Å². The summed E-state index contributed by atoms with van der Waals surface area (Å²) in [5, 5.41) is 18.9. The molecule has 5 heteroatoms. The van der Waals surface area contributed by atoms with E-state index < -0.39 is 6.10 Å². The Bertz CT molecular complexity index is 903. The van der Waals surface area contributed by atoms with Crippen LogP contribution >= 0.6 is 11.3 Å². The van der Waals surface area contributed by atoms with Crippen LogP contribution in [0.25, 0.3) is 10.1 Å². The lowest BCUT2D eigenvalue weighted by atomic mass is 10.1. The number of rotatable bonds is 3. The summed E-state index contributed by atoms with van der Waals surface area (Å²) in [6.07, 6.45) is -0.301. The SMILES string of the molecule is N=C(N)c1cc2c(OC3c4ccccc4CC3O)cccc2s1. The third kappa shape index (κ3) is 2.38. The van der Waals surface area contributed by atoms with Crippen LogP contribution in [0.5, 0.6) is 5.75 Å². The molecule has 0 bridgehead atoms. The molecule has 4 rings (SSSR count). The number of hydrogen-bond acceptors (Lipinski definition) is 4. The number of ether oxygens (including phenoxy) is 1. The van der Waals surface area contributed by atoms with E-state index in [1.807, 2.05) is 48.5 Å². The molecule has 0 spiro atoms. The average Bonchev–Trinajstić information content (AvgIpc) is 3.10. The van der Waals surface area contributed by atoms with Crippen molar-refractivity contribution >= 4 is 27.3 Å². The number of amidine groups is 1. The van der Waals surface area contributed by atoms with Crippen molar-refractivity contribution in [1.82, 2.24) is 0 Å². The molecule has 1 aromatic heterocycles. The van der Waals surface area contributed by atoms with E-state index in [-0.39, 0.29) is 11.9 Å². The van der Waals surface area contributed by atoms with Crippen molar-refractivity contribution in [3.63, 3.8) is 0 Å². The zero-order valence-corrected chi connectivity index (χ0v) is 13.1. The molecule has 0 radical (unpaired) electrons. The molecule has 4 N–H and O–H groups in total. The number of aliphatic hydroxyl groups excluding tert-OH is 1. The number of thiophene rings is 1. The molecule has 4 nitrogen and oxygen atoms in total.